The summed E-state index contributed by atoms with van der Waals surface area (Å²) in [5, 5.41) is 13.4. The van der Waals surface area contributed by atoms with Crippen molar-refractivity contribution in [2.75, 3.05) is 18.0 Å². The van der Waals surface area contributed by atoms with Gasteiger partial charge < -0.3 is 15.3 Å². The van der Waals surface area contributed by atoms with E-state index in [4.69, 9.17) is 9.97 Å². The van der Waals surface area contributed by atoms with Gasteiger partial charge in [-0.15, -0.1) is 0 Å². The second kappa shape index (κ2) is 11.8. The minimum Gasteiger partial charge on any atom is -0.480 e. The molecule has 0 bridgehead atoms. The number of carboxylic acid groups (broad SMARTS) is 1. The van der Waals surface area contributed by atoms with Gasteiger partial charge in [0.25, 0.3) is 0 Å². The Balaban J connectivity index is 1.15. The number of carbonyl (C=O) groups excluding carboxylic acids is 1. The molecule has 226 valence electrons. The van der Waals surface area contributed by atoms with Gasteiger partial charge in [-0.3, -0.25) is 9.36 Å². The number of rotatable bonds is 8. The summed E-state index contributed by atoms with van der Waals surface area (Å²) in [5.74, 6) is 0.892. The highest BCUT2D eigenvalue weighted by atomic mass is 79.9. The van der Waals surface area contributed by atoms with Crippen LogP contribution in [0.4, 0.5) is 5.82 Å². The van der Waals surface area contributed by atoms with Crippen molar-refractivity contribution in [1.82, 2.24) is 24.8 Å². The lowest BCUT2D eigenvalue weighted by Gasteiger charge is -2.46. The summed E-state index contributed by atoms with van der Waals surface area (Å²) in [7, 11) is 0. The molecule has 2 aliphatic carbocycles. The predicted octanol–water partition coefficient (Wildman–Crippen LogP) is 6.20. The van der Waals surface area contributed by atoms with Crippen LogP contribution in [0.1, 0.15) is 56.9 Å². The number of imidazole rings is 1. The van der Waals surface area contributed by atoms with Crippen molar-refractivity contribution in [3.8, 4) is 17.1 Å². The lowest BCUT2D eigenvalue weighted by molar-refractivity contribution is -0.140. The number of fused-ring (bicyclic) bond motifs is 1. The number of carbonyl (C=O) groups is 2. The third kappa shape index (κ3) is 5.08. The molecule has 7 rings (SSSR count). The van der Waals surface area contributed by atoms with Crippen LogP contribution in [0, 0.1) is 5.41 Å². The Morgan fingerprint density at radius 2 is 1.73 bits per heavy atom. The first-order chi connectivity index (χ1) is 21.4. The minimum atomic E-state index is -0.945. The molecule has 44 heavy (non-hydrogen) atoms. The average molecular weight is 656 g/mol. The molecule has 1 atom stereocenters. The maximum absolute atomic E-state index is 12.8. The fourth-order valence-electron chi connectivity index (χ4n) is 6.99. The Morgan fingerprint density at radius 1 is 0.977 bits per heavy atom. The number of aromatic nitrogens is 4. The van der Waals surface area contributed by atoms with Gasteiger partial charge in [0.15, 0.2) is 11.4 Å². The third-order valence-electron chi connectivity index (χ3n) is 9.39. The molecule has 0 unspecified atom stereocenters. The van der Waals surface area contributed by atoms with Crippen LogP contribution in [0.3, 0.4) is 0 Å². The quantitative estimate of drug-likeness (QED) is 0.231. The van der Waals surface area contributed by atoms with Gasteiger partial charge in [0.1, 0.15) is 23.2 Å². The van der Waals surface area contributed by atoms with Crippen molar-refractivity contribution < 1.29 is 14.7 Å². The van der Waals surface area contributed by atoms with E-state index in [9.17, 15) is 14.7 Å². The smallest absolute Gasteiger partial charge is 0.326 e. The number of hydrogen-bond donors (Lipinski definition) is 2. The van der Waals surface area contributed by atoms with Crippen LogP contribution in [0.25, 0.3) is 28.2 Å². The molecule has 0 amide bonds. The standard InChI is InChI=1S/C34H35BrN6O3/c35-28-29(34(30(28)42)15-3-1-4-16-34)38-26(33(43)44)20-22-9-12-24(13-10-22)41-31(39-25-8-7-17-36-32(25)41)23-11-14-27(37-21-23)40-18-5-2-6-19-40/h7-14,17,21,26,38H,1-6,15-16,18-20H2,(H,43,44)/t26-/m0/s1. The number of aliphatic carboxylic acids is 1. The molecule has 1 saturated heterocycles. The molecule has 4 heterocycles. The Morgan fingerprint density at radius 3 is 2.43 bits per heavy atom. The van der Waals surface area contributed by atoms with Crippen LogP contribution >= 0.6 is 15.9 Å². The Labute approximate surface area is 264 Å². The van der Waals surface area contributed by atoms with Crippen LogP contribution in [-0.2, 0) is 16.0 Å². The first-order valence-corrected chi connectivity index (χ1v) is 16.3. The molecule has 9 nitrogen and oxygen atoms in total. The number of halogens is 1. The van der Waals surface area contributed by atoms with Crippen LogP contribution in [-0.4, -0.2) is 55.5 Å². The van der Waals surface area contributed by atoms with Crippen LogP contribution in [0.5, 0.6) is 0 Å². The summed E-state index contributed by atoms with van der Waals surface area (Å²) in [5.41, 5.74) is 4.38. The maximum Gasteiger partial charge on any atom is 0.326 e. The zero-order chi connectivity index (χ0) is 30.3. The molecule has 2 fully saturated rings. The highest BCUT2D eigenvalue weighted by Crippen LogP contribution is 2.53. The maximum atomic E-state index is 12.8. The molecule has 1 spiro atoms. The molecule has 1 aromatic carbocycles. The lowest BCUT2D eigenvalue weighted by atomic mass is 9.62. The van der Waals surface area contributed by atoms with Gasteiger partial charge in [-0.05, 0) is 90.0 Å². The third-order valence-corrected chi connectivity index (χ3v) is 10.1. The van der Waals surface area contributed by atoms with Gasteiger partial charge in [0, 0.05) is 48.9 Å². The lowest BCUT2D eigenvalue weighted by Crippen LogP contribution is -2.53. The van der Waals surface area contributed by atoms with E-state index >= 15 is 0 Å². The number of piperidine rings is 1. The van der Waals surface area contributed by atoms with E-state index in [1.54, 1.807) is 6.20 Å². The first kappa shape index (κ1) is 28.7. The first-order valence-electron chi connectivity index (χ1n) is 15.5. The van der Waals surface area contributed by atoms with Crippen molar-refractivity contribution in [2.24, 2.45) is 5.41 Å². The summed E-state index contributed by atoms with van der Waals surface area (Å²) < 4.78 is 2.52. The number of anilines is 1. The van der Waals surface area contributed by atoms with Crippen molar-refractivity contribution >= 4 is 44.7 Å². The average Bonchev–Trinajstić information content (AvgIpc) is 3.47. The van der Waals surface area contributed by atoms with E-state index in [1.807, 2.05) is 47.2 Å². The number of pyridine rings is 2. The molecule has 4 aromatic rings. The Kier molecular flexibility index (Phi) is 7.70. The van der Waals surface area contributed by atoms with E-state index < -0.39 is 17.4 Å². The zero-order valence-corrected chi connectivity index (χ0v) is 26.1. The van der Waals surface area contributed by atoms with Crippen molar-refractivity contribution in [1.29, 1.82) is 0 Å². The van der Waals surface area contributed by atoms with Gasteiger partial charge in [-0.1, -0.05) is 31.4 Å². The number of benzene rings is 1. The largest absolute Gasteiger partial charge is 0.480 e. The van der Waals surface area contributed by atoms with Crippen molar-refractivity contribution in [3.63, 3.8) is 0 Å². The summed E-state index contributed by atoms with van der Waals surface area (Å²) in [6.07, 6.45) is 12.2. The molecule has 1 saturated carbocycles. The zero-order valence-electron chi connectivity index (χ0n) is 24.5. The highest BCUT2D eigenvalue weighted by Gasteiger charge is 2.53. The van der Waals surface area contributed by atoms with E-state index in [1.165, 1.54) is 19.3 Å². The minimum absolute atomic E-state index is 0.0986. The Hall–Kier alpha value is -4.05. The Bertz CT molecular complexity index is 1740. The van der Waals surface area contributed by atoms with Gasteiger partial charge in [0.2, 0.25) is 0 Å². The van der Waals surface area contributed by atoms with Crippen LogP contribution < -0.4 is 10.2 Å². The number of nitrogens with zero attached hydrogens (tertiary/aromatic N) is 5. The summed E-state index contributed by atoms with van der Waals surface area (Å²) in [6.45, 7) is 2.07. The number of allylic oxidation sites excluding steroid dienone is 2. The van der Waals surface area contributed by atoms with Gasteiger partial charge >= 0.3 is 5.97 Å². The second-order valence-electron chi connectivity index (χ2n) is 12.1. The summed E-state index contributed by atoms with van der Waals surface area (Å²) in [4.78, 5) is 41.8. The van der Waals surface area contributed by atoms with E-state index in [0.29, 0.717) is 4.48 Å². The van der Waals surface area contributed by atoms with Crippen molar-refractivity contribution in [3.05, 3.63) is 76.7 Å². The molecular weight excluding hydrogens is 620 g/mol. The molecule has 3 aliphatic rings. The fraction of sp³-hybridized carbons (Fsp3) is 0.382. The van der Waals surface area contributed by atoms with Gasteiger partial charge in [-0.2, -0.15) is 0 Å². The van der Waals surface area contributed by atoms with Crippen LogP contribution in [0.2, 0.25) is 0 Å². The summed E-state index contributed by atoms with van der Waals surface area (Å²) >= 11 is 3.42. The highest BCUT2D eigenvalue weighted by molar-refractivity contribution is 9.12. The molecule has 0 radical (unpaired) electrons. The van der Waals surface area contributed by atoms with Crippen molar-refractivity contribution in [2.45, 2.75) is 63.8 Å². The normalized spacial score (nSPS) is 18.8. The van der Waals surface area contributed by atoms with Gasteiger partial charge in [0.05, 0.1) is 9.90 Å². The van der Waals surface area contributed by atoms with E-state index in [2.05, 4.69) is 43.3 Å². The number of Topliss-reactive ketones (excluding diaryl/α,β-unsaturated/α-hetero) is 1. The monoisotopic (exact) mass is 654 g/mol. The van der Waals surface area contributed by atoms with Crippen LogP contribution in [0.15, 0.2) is 71.1 Å². The molecule has 1 aliphatic heterocycles. The fourth-order valence-corrected chi connectivity index (χ4v) is 7.86. The van der Waals surface area contributed by atoms with E-state index in [-0.39, 0.29) is 12.2 Å². The topological polar surface area (TPSA) is 113 Å². The number of carboxylic acids is 1. The molecule has 10 heteroatoms. The molecule has 2 N–H and O–H groups in total. The summed E-state index contributed by atoms with van der Waals surface area (Å²) in [6, 6.07) is 15.0. The molecule has 3 aromatic heterocycles. The van der Waals surface area contributed by atoms with Gasteiger partial charge in [-0.25, -0.2) is 19.7 Å². The SMILES string of the molecule is O=C(O)[C@H](Cc1ccc(-n2c(-c3ccc(N4CCCCC4)nc3)nc3cccnc32)cc1)NC1=C(Br)C(=O)C12CCCCC2. The number of ketones is 1. The number of nitrogens with one attached hydrogen (secondary N) is 1. The second-order valence-corrected chi connectivity index (χ2v) is 12.9. The van der Waals surface area contributed by atoms with E-state index in [0.717, 1.165) is 90.5 Å². The molecular formula is C34H35BrN6O3. The predicted molar refractivity (Wildman–Crippen MR) is 173 cm³/mol. The number of hydrogen-bond acceptors (Lipinski definition) is 7.